The average molecular weight is 359 g/mol. The quantitative estimate of drug-likeness (QED) is 0.856. The molecule has 4 nitrogen and oxygen atoms in total. The van der Waals surface area contributed by atoms with Crippen LogP contribution in [-0.4, -0.2) is 24.9 Å². The number of hydrogen-bond donors (Lipinski definition) is 1. The molecule has 0 aliphatic heterocycles. The van der Waals surface area contributed by atoms with E-state index in [0.717, 1.165) is 22.4 Å². The highest BCUT2D eigenvalue weighted by atomic mass is 35.5. The molecular weight excluding hydrogens is 336 g/mol. The smallest absolute Gasteiger partial charge is 0.224 e. The van der Waals surface area contributed by atoms with Gasteiger partial charge in [0.05, 0.1) is 6.42 Å². The van der Waals surface area contributed by atoms with E-state index in [4.69, 9.17) is 11.6 Å². The van der Waals surface area contributed by atoms with Gasteiger partial charge in [-0.1, -0.05) is 41.9 Å². The van der Waals surface area contributed by atoms with Crippen LogP contribution in [0.4, 0.5) is 5.69 Å². The van der Waals surface area contributed by atoms with Crippen molar-refractivity contribution in [3.63, 3.8) is 0 Å². The van der Waals surface area contributed by atoms with Crippen molar-refractivity contribution in [2.75, 3.05) is 18.0 Å². The molecule has 1 N–H and O–H groups in total. The fourth-order valence-corrected chi connectivity index (χ4v) is 2.84. The maximum atomic E-state index is 12.1. The lowest BCUT2D eigenvalue weighted by Gasteiger charge is -2.23. The molecule has 0 spiro atoms. The summed E-state index contributed by atoms with van der Waals surface area (Å²) in [6.45, 7) is 6.21. The minimum Gasteiger partial charge on any atom is -0.354 e. The summed E-state index contributed by atoms with van der Waals surface area (Å²) < 4.78 is 0. The average Bonchev–Trinajstić information content (AvgIpc) is 2.56. The Morgan fingerprint density at radius 1 is 1.08 bits per heavy atom. The lowest BCUT2D eigenvalue weighted by molar-refractivity contribution is -0.121. The number of nitrogens with zero attached hydrogens (tertiary/aromatic N) is 1. The monoisotopic (exact) mass is 358 g/mol. The zero-order valence-electron chi connectivity index (χ0n) is 14.8. The van der Waals surface area contributed by atoms with Crippen molar-refractivity contribution in [1.29, 1.82) is 0 Å². The molecule has 2 rings (SSSR count). The molecule has 0 atom stereocenters. The highest BCUT2D eigenvalue weighted by Gasteiger charge is 2.14. The van der Waals surface area contributed by atoms with Gasteiger partial charge in [0, 0.05) is 30.7 Å². The van der Waals surface area contributed by atoms with E-state index in [1.807, 2.05) is 44.2 Å². The molecule has 0 saturated carbocycles. The normalized spacial score (nSPS) is 10.4. The standard InChI is InChI=1S/C20H23ClN2O2/c1-14-6-4-5-7-17(14)12-20(25)22-10-11-23(16(3)24)19-13-18(21)9-8-15(19)2/h4-9,13H,10-12H2,1-3H3,(H,22,25). The minimum absolute atomic E-state index is 0.0550. The number of anilines is 1. The van der Waals surface area contributed by atoms with Crippen LogP contribution in [0.5, 0.6) is 0 Å². The van der Waals surface area contributed by atoms with Gasteiger partial charge >= 0.3 is 0 Å². The fourth-order valence-electron chi connectivity index (χ4n) is 2.67. The topological polar surface area (TPSA) is 49.4 Å². The van der Waals surface area contributed by atoms with Gasteiger partial charge < -0.3 is 10.2 Å². The Labute approximate surface area is 153 Å². The van der Waals surface area contributed by atoms with Gasteiger partial charge in [-0.2, -0.15) is 0 Å². The number of amides is 2. The third-order valence-corrected chi connectivity index (χ3v) is 4.35. The van der Waals surface area contributed by atoms with E-state index in [1.165, 1.54) is 6.92 Å². The predicted molar refractivity (Wildman–Crippen MR) is 102 cm³/mol. The first kappa shape index (κ1) is 19.0. The molecular formula is C20H23ClN2O2. The summed E-state index contributed by atoms with van der Waals surface area (Å²) in [4.78, 5) is 25.8. The number of benzene rings is 2. The summed E-state index contributed by atoms with van der Waals surface area (Å²) >= 11 is 6.05. The summed E-state index contributed by atoms with van der Waals surface area (Å²) in [5.74, 6) is -0.140. The minimum atomic E-state index is -0.0847. The zero-order chi connectivity index (χ0) is 18.4. The number of hydrogen-bond acceptors (Lipinski definition) is 2. The van der Waals surface area contributed by atoms with Gasteiger partial charge in [0.1, 0.15) is 0 Å². The molecule has 0 saturated heterocycles. The van der Waals surface area contributed by atoms with Crippen molar-refractivity contribution in [3.8, 4) is 0 Å². The number of rotatable bonds is 6. The van der Waals surface area contributed by atoms with Gasteiger partial charge in [0.15, 0.2) is 0 Å². The molecule has 0 aliphatic carbocycles. The van der Waals surface area contributed by atoms with Crippen LogP contribution in [-0.2, 0) is 16.0 Å². The Morgan fingerprint density at radius 2 is 1.80 bits per heavy atom. The maximum absolute atomic E-state index is 12.1. The van der Waals surface area contributed by atoms with Crippen LogP contribution in [0.3, 0.4) is 0 Å². The van der Waals surface area contributed by atoms with Crippen LogP contribution in [0.25, 0.3) is 0 Å². The highest BCUT2D eigenvalue weighted by Crippen LogP contribution is 2.24. The highest BCUT2D eigenvalue weighted by molar-refractivity contribution is 6.31. The van der Waals surface area contributed by atoms with E-state index in [0.29, 0.717) is 24.5 Å². The molecule has 25 heavy (non-hydrogen) atoms. The largest absolute Gasteiger partial charge is 0.354 e. The molecule has 0 fully saturated rings. The molecule has 5 heteroatoms. The first-order valence-corrected chi connectivity index (χ1v) is 8.61. The molecule has 2 aromatic rings. The number of halogens is 1. The molecule has 2 aromatic carbocycles. The second-order valence-electron chi connectivity index (χ2n) is 6.05. The lowest BCUT2D eigenvalue weighted by atomic mass is 10.1. The summed E-state index contributed by atoms with van der Waals surface area (Å²) in [5, 5.41) is 3.46. The van der Waals surface area contributed by atoms with E-state index in [2.05, 4.69) is 5.32 Å². The Bertz CT molecular complexity index is 774. The first-order valence-electron chi connectivity index (χ1n) is 8.24. The Balaban J connectivity index is 1.96. The van der Waals surface area contributed by atoms with Gasteiger partial charge in [0.2, 0.25) is 11.8 Å². The van der Waals surface area contributed by atoms with E-state index < -0.39 is 0 Å². The van der Waals surface area contributed by atoms with Gasteiger partial charge in [-0.15, -0.1) is 0 Å². The van der Waals surface area contributed by atoms with E-state index in [9.17, 15) is 9.59 Å². The van der Waals surface area contributed by atoms with Gasteiger partial charge in [-0.05, 0) is 42.7 Å². The van der Waals surface area contributed by atoms with Crippen LogP contribution >= 0.6 is 11.6 Å². The van der Waals surface area contributed by atoms with Crippen LogP contribution in [0, 0.1) is 13.8 Å². The molecule has 0 aliphatic rings. The van der Waals surface area contributed by atoms with E-state index in [-0.39, 0.29) is 11.8 Å². The van der Waals surface area contributed by atoms with Crippen molar-refractivity contribution >= 4 is 29.1 Å². The van der Waals surface area contributed by atoms with Crippen molar-refractivity contribution in [3.05, 3.63) is 64.2 Å². The van der Waals surface area contributed by atoms with Gasteiger partial charge in [0.25, 0.3) is 0 Å². The number of nitrogens with one attached hydrogen (secondary N) is 1. The van der Waals surface area contributed by atoms with Crippen molar-refractivity contribution < 1.29 is 9.59 Å². The second kappa shape index (κ2) is 8.67. The maximum Gasteiger partial charge on any atom is 0.224 e. The molecule has 0 heterocycles. The van der Waals surface area contributed by atoms with Crippen molar-refractivity contribution in [1.82, 2.24) is 5.32 Å². The van der Waals surface area contributed by atoms with E-state index in [1.54, 1.807) is 17.0 Å². The Kier molecular flexibility index (Phi) is 6.59. The number of aryl methyl sites for hydroxylation is 2. The second-order valence-corrected chi connectivity index (χ2v) is 6.49. The molecule has 0 unspecified atom stereocenters. The molecule has 0 bridgehead atoms. The van der Waals surface area contributed by atoms with Crippen molar-refractivity contribution in [2.24, 2.45) is 0 Å². The Morgan fingerprint density at radius 3 is 2.48 bits per heavy atom. The van der Waals surface area contributed by atoms with Crippen LogP contribution in [0.1, 0.15) is 23.6 Å². The lowest BCUT2D eigenvalue weighted by Crippen LogP contribution is -2.38. The van der Waals surface area contributed by atoms with Gasteiger partial charge in [-0.25, -0.2) is 0 Å². The number of carbonyl (C=O) groups excluding carboxylic acids is 2. The van der Waals surface area contributed by atoms with Crippen LogP contribution in [0.15, 0.2) is 42.5 Å². The first-order chi connectivity index (χ1) is 11.9. The van der Waals surface area contributed by atoms with Crippen molar-refractivity contribution in [2.45, 2.75) is 27.2 Å². The summed E-state index contributed by atoms with van der Waals surface area (Å²) in [6, 6.07) is 13.3. The fraction of sp³-hybridized carbons (Fsp3) is 0.300. The predicted octanol–water partition coefficient (Wildman–Crippen LogP) is 3.67. The summed E-state index contributed by atoms with van der Waals surface area (Å²) in [5.41, 5.74) is 3.84. The zero-order valence-corrected chi connectivity index (χ0v) is 15.6. The molecule has 132 valence electrons. The van der Waals surface area contributed by atoms with Crippen LogP contribution < -0.4 is 10.2 Å². The summed E-state index contributed by atoms with van der Waals surface area (Å²) in [6.07, 6.45) is 0.336. The SMILES string of the molecule is CC(=O)N(CCNC(=O)Cc1ccccc1C)c1cc(Cl)ccc1C. The molecule has 0 radical (unpaired) electrons. The van der Waals surface area contributed by atoms with E-state index >= 15 is 0 Å². The third-order valence-electron chi connectivity index (χ3n) is 4.11. The number of carbonyl (C=O) groups is 2. The van der Waals surface area contributed by atoms with Crippen LogP contribution in [0.2, 0.25) is 5.02 Å². The third kappa shape index (κ3) is 5.33. The van der Waals surface area contributed by atoms with Gasteiger partial charge in [-0.3, -0.25) is 9.59 Å². The summed E-state index contributed by atoms with van der Waals surface area (Å²) in [7, 11) is 0. The Hall–Kier alpha value is -2.33. The molecule has 2 amide bonds. The molecule has 0 aromatic heterocycles.